The van der Waals surface area contributed by atoms with Crippen molar-refractivity contribution < 1.29 is 18.3 Å². The summed E-state index contributed by atoms with van der Waals surface area (Å²) in [6, 6.07) is 5.46. The second kappa shape index (κ2) is 6.72. The van der Waals surface area contributed by atoms with E-state index in [9.17, 15) is 13.6 Å². The minimum atomic E-state index is -2.86. The SMILES string of the molecule is COCCN1CC[C@@]2(CN(Cc3ccccn3)CC(F)(F)C2)C1=O. The third kappa shape index (κ3) is 3.57. The molecule has 7 heteroatoms. The number of alkyl halides is 2. The van der Waals surface area contributed by atoms with Crippen molar-refractivity contribution in [3.8, 4) is 0 Å². The molecule has 2 aliphatic heterocycles. The maximum atomic E-state index is 14.3. The lowest BCUT2D eigenvalue weighted by Crippen LogP contribution is -2.55. The average molecular weight is 339 g/mol. The van der Waals surface area contributed by atoms with Crippen molar-refractivity contribution in [3.05, 3.63) is 30.1 Å². The first kappa shape index (κ1) is 17.2. The number of aromatic nitrogens is 1. The fourth-order valence-electron chi connectivity index (χ4n) is 3.87. The standard InChI is InChI=1S/C17H23F2N3O2/c1-24-9-8-22-7-5-16(15(22)23)11-17(18,19)13-21(12-16)10-14-4-2-3-6-20-14/h2-4,6H,5,7-13H2,1H3/t16-/m1/s1. The van der Waals surface area contributed by atoms with Gasteiger partial charge in [-0.25, -0.2) is 8.78 Å². The highest BCUT2D eigenvalue weighted by atomic mass is 19.3. The summed E-state index contributed by atoms with van der Waals surface area (Å²) < 4.78 is 33.7. The fourth-order valence-corrected chi connectivity index (χ4v) is 3.87. The molecular weight excluding hydrogens is 316 g/mol. The summed E-state index contributed by atoms with van der Waals surface area (Å²) in [6.07, 6.45) is 1.77. The van der Waals surface area contributed by atoms with Crippen LogP contribution in [0.25, 0.3) is 0 Å². The van der Waals surface area contributed by atoms with Crippen LogP contribution in [0.3, 0.4) is 0 Å². The molecule has 2 aliphatic rings. The van der Waals surface area contributed by atoms with Crippen molar-refractivity contribution in [2.24, 2.45) is 5.41 Å². The lowest BCUT2D eigenvalue weighted by atomic mass is 9.77. The molecule has 24 heavy (non-hydrogen) atoms. The van der Waals surface area contributed by atoms with Gasteiger partial charge in [0.1, 0.15) is 0 Å². The summed E-state index contributed by atoms with van der Waals surface area (Å²) >= 11 is 0. The van der Waals surface area contributed by atoms with E-state index in [1.165, 1.54) is 0 Å². The maximum Gasteiger partial charge on any atom is 0.261 e. The van der Waals surface area contributed by atoms with Crippen LogP contribution in [0, 0.1) is 5.41 Å². The Hall–Kier alpha value is -1.60. The van der Waals surface area contributed by atoms with Crippen molar-refractivity contribution in [1.29, 1.82) is 0 Å². The molecule has 0 saturated carbocycles. The third-order valence-electron chi connectivity index (χ3n) is 4.86. The highest BCUT2D eigenvalue weighted by Gasteiger charge is 2.56. The van der Waals surface area contributed by atoms with Gasteiger partial charge in [-0.3, -0.25) is 14.7 Å². The molecule has 3 rings (SSSR count). The van der Waals surface area contributed by atoms with Gasteiger partial charge >= 0.3 is 0 Å². The van der Waals surface area contributed by atoms with Crippen LogP contribution in [-0.4, -0.2) is 66.5 Å². The highest BCUT2D eigenvalue weighted by molar-refractivity contribution is 5.85. The van der Waals surface area contributed by atoms with Gasteiger partial charge in [-0.2, -0.15) is 0 Å². The second-order valence-electron chi connectivity index (χ2n) is 6.81. The first-order valence-corrected chi connectivity index (χ1v) is 8.23. The first-order chi connectivity index (χ1) is 11.4. The Kier molecular flexibility index (Phi) is 4.83. The molecule has 2 fully saturated rings. The van der Waals surface area contributed by atoms with Crippen LogP contribution in [0.5, 0.6) is 0 Å². The molecule has 0 radical (unpaired) electrons. The van der Waals surface area contributed by atoms with Gasteiger partial charge in [0.2, 0.25) is 5.91 Å². The van der Waals surface area contributed by atoms with E-state index in [1.54, 1.807) is 29.2 Å². The summed E-state index contributed by atoms with van der Waals surface area (Å²) in [5, 5.41) is 0. The normalized spacial score (nSPS) is 27.1. The summed E-state index contributed by atoms with van der Waals surface area (Å²) in [5.41, 5.74) is -0.239. The number of pyridine rings is 1. The monoisotopic (exact) mass is 339 g/mol. The van der Waals surface area contributed by atoms with Crippen LogP contribution < -0.4 is 0 Å². The molecule has 1 aromatic rings. The number of amides is 1. The van der Waals surface area contributed by atoms with Crippen LogP contribution in [0.4, 0.5) is 8.78 Å². The Labute approximate surface area is 140 Å². The zero-order valence-electron chi connectivity index (χ0n) is 13.9. The van der Waals surface area contributed by atoms with E-state index in [-0.39, 0.29) is 18.9 Å². The van der Waals surface area contributed by atoms with Crippen molar-refractivity contribution in [3.63, 3.8) is 0 Å². The molecule has 1 atom stereocenters. The van der Waals surface area contributed by atoms with Crippen molar-refractivity contribution >= 4 is 5.91 Å². The summed E-state index contributed by atoms with van der Waals surface area (Å²) in [4.78, 5) is 20.3. The highest BCUT2D eigenvalue weighted by Crippen LogP contribution is 2.45. The van der Waals surface area contributed by atoms with E-state index >= 15 is 0 Å². The number of hydrogen-bond acceptors (Lipinski definition) is 4. The molecule has 0 aliphatic carbocycles. The number of likely N-dealkylation sites (tertiary alicyclic amines) is 2. The predicted molar refractivity (Wildman–Crippen MR) is 84.6 cm³/mol. The Morgan fingerprint density at radius 2 is 2.17 bits per heavy atom. The van der Waals surface area contributed by atoms with Crippen LogP contribution in [0.15, 0.2) is 24.4 Å². The number of rotatable bonds is 5. The lowest BCUT2D eigenvalue weighted by Gasteiger charge is -2.42. The molecule has 0 unspecified atom stereocenters. The van der Waals surface area contributed by atoms with Gasteiger partial charge < -0.3 is 9.64 Å². The van der Waals surface area contributed by atoms with Crippen LogP contribution in [0.1, 0.15) is 18.5 Å². The molecule has 2 saturated heterocycles. The van der Waals surface area contributed by atoms with Gasteiger partial charge in [0.05, 0.1) is 24.3 Å². The Balaban J connectivity index is 1.75. The number of carbonyl (C=O) groups is 1. The smallest absolute Gasteiger partial charge is 0.261 e. The Bertz CT molecular complexity index is 584. The number of ether oxygens (including phenoxy) is 1. The van der Waals surface area contributed by atoms with Gasteiger partial charge in [-0.15, -0.1) is 0 Å². The van der Waals surface area contributed by atoms with Crippen molar-refractivity contribution in [2.45, 2.75) is 25.3 Å². The molecule has 0 N–H and O–H groups in total. The van der Waals surface area contributed by atoms with E-state index in [2.05, 4.69) is 4.98 Å². The second-order valence-corrected chi connectivity index (χ2v) is 6.81. The summed E-state index contributed by atoms with van der Waals surface area (Å²) in [7, 11) is 1.57. The fraction of sp³-hybridized carbons (Fsp3) is 0.647. The molecule has 5 nitrogen and oxygen atoms in total. The molecule has 132 valence electrons. The first-order valence-electron chi connectivity index (χ1n) is 8.23. The van der Waals surface area contributed by atoms with Crippen LogP contribution in [-0.2, 0) is 16.1 Å². The number of piperidine rings is 1. The number of methoxy groups -OCH3 is 1. The van der Waals surface area contributed by atoms with Gasteiger partial charge in [0.25, 0.3) is 5.92 Å². The number of hydrogen-bond donors (Lipinski definition) is 0. The van der Waals surface area contributed by atoms with Crippen molar-refractivity contribution in [1.82, 2.24) is 14.8 Å². The molecule has 3 heterocycles. The van der Waals surface area contributed by atoms with Crippen LogP contribution >= 0.6 is 0 Å². The quantitative estimate of drug-likeness (QED) is 0.820. The van der Waals surface area contributed by atoms with E-state index in [1.807, 2.05) is 12.1 Å². The van der Waals surface area contributed by atoms with E-state index in [4.69, 9.17) is 4.74 Å². The maximum absolute atomic E-state index is 14.3. The van der Waals surface area contributed by atoms with Crippen molar-refractivity contribution in [2.75, 3.05) is 39.9 Å². The minimum absolute atomic E-state index is 0.162. The molecule has 1 spiro atoms. The molecule has 1 amide bonds. The predicted octanol–water partition coefficient (Wildman–Crippen LogP) is 1.79. The molecular formula is C17H23F2N3O2. The zero-order valence-corrected chi connectivity index (χ0v) is 13.9. The van der Waals surface area contributed by atoms with Gasteiger partial charge in [-0.05, 0) is 18.6 Å². The summed E-state index contributed by atoms with van der Waals surface area (Å²) in [6.45, 7) is 1.79. The number of carbonyl (C=O) groups excluding carboxylic acids is 1. The summed E-state index contributed by atoms with van der Waals surface area (Å²) in [5.74, 6) is -3.02. The zero-order chi connectivity index (χ0) is 17.2. The van der Waals surface area contributed by atoms with Crippen LogP contribution in [0.2, 0.25) is 0 Å². The molecule has 1 aromatic heterocycles. The minimum Gasteiger partial charge on any atom is -0.383 e. The largest absolute Gasteiger partial charge is 0.383 e. The van der Waals surface area contributed by atoms with Gasteiger partial charge in [0.15, 0.2) is 0 Å². The number of nitrogens with zero attached hydrogens (tertiary/aromatic N) is 3. The Morgan fingerprint density at radius 1 is 1.33 bits per heavy atom. The lowest BCUT2D eigenvalue weighted by molar-refractivity contribution is -0.155. The average Bonchev–Trinajstić information content (AvgIpc) is 2.80. The van der Waals surface area contributed by atoms with E-state index < -0.39 is 11.3 Å². The topological polar surface area (TPSA) is 45.7 Å². The van der Waals surface area contributed by atoms with E-state index in [0.29, 0.717) is 39.2 Å². The Morgan fingerprint density at radius 3 is 2.88 bits per heavy atom. The third-order valence-corrected chi connectivity index (χ3v) is 4.86. The van der Waals surface area contributed by atoms with Gasteiger partial charge in [-0.1, -0.05) is 6.07 Å². The molecule has 0 aromatic carbocycles. The van der Waals surface area contributed by atoms with Gasteiger partial charge in [0, 0.05) is 45.9 Å². The molecule has 0 bridgehead atoms. The number of halogens is 2. The van der Waals surface area contributed by atoms with E-state index in [0.717, 1.165) is 5.69 Å².